The monoisotopic (exact) mass is 304 g/mol. The number of carbonyl (C=O) groups excluding carboxylic acids is 2. The summed E-state index contributed by atoms with van der Waals surface area (Å²) in [5.74, 6) is 0.565. The van der Waals surface area contributed by atoms with Crippen LogP contribution in [0.15, 0.2) is 0 Å². The normalized spacial score (nSPS) is 18.4. The molecule has 6 nitrogen and oxygen atoms in total. The van der Waals surface area contributed by atoms with Gasteiger partial charge in [-0.15, -0.1) is 11.8 Å². The van der Waals surface area contributed by atoms with E-state index in [0.717, 1.165) is 0 Å². The van der Waals surface area contributed by atoms with E-state index in [0.29, 0.717) is 32.1 Å². The van der Waals surface area contributed by atoms with Gasteiger partial charge < -0.3 is 20.1 Å². The van der Waals surface area contributed by atoms with Crippen molar-refractivity contribution in [2.75, 3.05) is 44.4 Å². The highest BCUT2D eigenvalue weighted by Gasteiger charge is 2.18. The van der Waals surface area contributed by atoms with Crippen molar-refractivity contribution in [2.24, 2.45) is 5.92 Å². The second-order valence-electron chi connectivity index (χ2n) is 5.00. The minimum atomic E-state index is -0.0995. The van der Waals surface area contributed by atoms with Crippen LogP contribution in [0.3, 0.4) is 0 Å². The standard InChI is InChI=1S/C13H24N2O4S/c1-10(7-16)11(2)14-12(17)8-20-9-13(18)15-3-5-19-6-4-15/h10-11,16H,3-9H2,1-2H3,(H,14,17). The first-order chi connectivity index (χ1) is 9.54. The Morgan fingerprint density at radius 3 is 2.55 bits per heavy atom. The molecule has 20 heavy (non-hydrogen) atoms. The molecule has 1 fully saturated rings. The molecule has 0 bridgehead atoms. The maximum atomic E-state index is 11.8. The summed E-state index contributed by atoms with van der Waals surface area (Å²) in [6.07, 6.45) is 0. The summed E-state index contributed by atoms with van der Waals surface area (Å²) in [5, 5.41) is 11.8. The first kappa shape index (κ1) is 17.3. The number of nitrogens with zero attached hydrogens (tertiary/aromatic N) is 1. The third-order valence-electron chi connectivity index (χ3n) is 3.35. The zero-order valence-corrected chi connectivity index (χ0v) is 12.9. The van der Waals surface area contributed by atoms with Gasteiger partial charge in [-0.1, -0.05) is 6.92 Å². The van der Waals surface area contributed by atoms with Crippen LogP contribution in [0.5, 0.6) is 0 Å². The Morgan fingerprint density at radius 1 is 1.30 bits per heavy atom. The summed E-state index contributed by atoms with van der Waals surface area (Å²) < 4.78 is 5.18. The van der Waals surface area contributed by atoms with Gasteiger partial charge in [-0.25, -0.2) is 0 Å². The second-order valence-corrected chi connectivity index (χ2v) is 5.99. The highest BCUT2D eigenvalue weighted by molar-refractivity contribution is 8.00. The molecule has 2 N–H and O–H groups in total. The van der Waals surface area contributed by atoms with E-state index in [2.05, 4.69) is 5.32 Å². The highest BCUT2D eigenvalue weighted by atomic mass is 32.2. The molecule has 7 heteroatoms. The summed E-state index contributed by atoms with van der Waals surface area (Å²) in [5.41, 5.74) is 0. The lowest BCUT2D eigenvalue weighted by Gasteiger charge is -2.26. The van der Waals surface area contributed by atoms with Crippen molar-refractivity contribution in [2.45, 2.75) is 19.9 Å². The van der Waals surface area contributed by atoms with Crippen molar-refractivity contribution in [3.05, 3.63) is 0 Å². The van der Waals surface area contributed by atoms with Gasteiger partial charge in [-0.3, -0.25) is 9.59 Å². The quantitative estimate of drug-likeness (QED) is 0.676. The molecule has 0 aromatic rings. The number of hydrogen-bond donors (Lipinski definition) is 2. The molecule has 0 aromatic heterocycles. The van der Waals surface area contributed by atoms with E-state index in [9.17, 15) is 9.59 Å². The zero-order chi connectivity index (χ0) is 15.0. The Kier molecular flexibility index (Phi) is 7.94. The number of nitrogens with one attached hydrogen (secondary N) is 1. The number of morpholine rings is 1. The van der Waals surface area contributed by atoms with E-state index in [1.165, 1.54) is 11.8 Å². The van der Waals surface area contributed by atoms with E-state index in [1.807, 2.05) is 13.8 Å². The molecule has 0 saturated carbocycles. The molecule has 0 aliphatic carbocycles. The predicted molar refractivity (Wildman–Crippen MR) is 78.6 cm³/mol. The van der Waals surface area contributed by atoms with Crippen molar-refractivity contribution in [1.82, 2.24) is 10.2 Å². The maximum absolute atomic E-state index is 11.8. The first-order valence-corrected chi connectivity index (χ1v) is 8.03. The molecule has 1 aliphatic heterocycles. The van der Waals surface area contributed by atoms with Crippen LogP contribution in [0.25, 0.3) is 0 Å². The van der Waals surface area contributed by atoms with Gasteiger partial charge in [0, 0.05) is 25.7 Å². The summed E-state index contributed by atoms with van der Waals surface area (Å²) in [7, 11) is 0. The average Bonchev–Trinajstić information content (AvgIpc) is 2.47. The van der Waals surface area contributed by atoms with E-state index in [-0.39, 0.29) is 36.1 Å². The van der Waals surface area contributed by atoms with E-state index >= 15 is 0 Å². The van der Waals surface area contributed by atoms with Crippen LogP contribution in [-0.2, 0) is 14.3 Å². The SMILES string of the molecule is CC(CO)C(C)NC(=O)CSCC(=O)N1CCOCC1. The molecule has 1 aliphatic rings. The molecule has 0 radical (unpaired) electrons. The highest BCUT2D eigenvalue weighted by Crippen LogP contribution is 2.06. The van der Waals surface area contributed by atoms with Crippen LogP contribution in [0, 0.1) is 5.92 Å². The van der Waals surface area contributed by atoms with Crippen molar-refractivity contribution in [1.29, 1.82) is 0 Å². The minimum Gasteiger partial charge on any atom is -0.396 e. The second kappa shape index (κ2) is 9.20. The van der Waals surface area contributed by atoms with Crippen molar-refractivity contribution < 1.29 is 19.4 Å². The van der Waals surface area contributed by atoms with Crippen molar-refractivity contribution in [3.8, 4) is 0 Å². The predicted octanol–water partition coefficient (Wildman–Crippen LogP) is -0.288. The molecule has 1 saturated heterocycles. The molecule has 2 amide bonds. The Hall–Kier alpha value is -0.790. The van der Waals surface area contributed by atoms with Gasteiger partial charge in [0.05, 0.1) is 24.7 Å². The number of aliphatic hydroxyl groups is 1. The van der Waals surface area contributed by atoms with E-state index in [1.54, 1.807) is 4.90 Å². The molecule has 2 unspecified atom stereocenters. The van der Waals surface area contributed by atoms with Gasteiger partial charge >= 0.3 is 0 Å². The zero-order valence-electron chi connectivity index (χ0n) is 12.1. The summed E-state index contributed by atoms with van der Waals surface area (Å²) in [6, 6.07) is -0.0666. The van der Waals surface area contributed by atoms with Gasteiger partial charge in [0.25, 0.3) is 0 Å². The van der Waals surface area contributed by atoms with Crippen LogP contribution in [0.2, 0.25) is 0 Å². The Balaban J connectivity index is 2.16. The smallest absolute Gasteiger partial charge is 0.232 e. The van der Waals surface area contributed by atoms with Crippen LogP contribution in [0.4, 0.5) is 0 Å². The lowest BCUT2D eigenvalue weighted by atomic mass is 10.1. The number of carbonyl (C=O) groups is 2. The van der Waals surface area contributed by atoms with Crippen LogP contribution in [-0.4, -0.2) is 72.3 Å². The van der Waals surface area contributed by atoms with Gasteiger partial charge in [0.2, 0.25) is 11.8 Å². The number of amides is 2. The molecule has 116 valence electrons. The van der Waals surface area contributed by atoms with Crippen molar-refractivity contribution >= 4 is 23.6 Å². The minimum absolute atomic E-state index is 0.0268. The van der Waals surface area contributed by atoms with Gasteiger partial charge in [0.1, 0.15) is 0 Å². The lowest BCUT2D eigenvalue weighted by molar-refractivity contribution is -0.132. The topological polar surface area (TPSA) is 78.9 Å². The third kappa shape index (κ3) is 6.11. The van der Waals surface area contributed by atoms with Gasteiger partial charge in [0.15, 0.2) is 0 Å². The fraction of sp³-hybridized carbons (Fsp3) is 0.846. The molecule has 0 spiro atoms. The molecule has 1 rings (SSSR count). The Labute approximate surface area is 124 Å². The third-order valence-corrected chi connectivity index (χ3v) is 4.27. The molecule has 0 aromatic carbocycles. The maximum Gasteiger partial charge on any atom is 0.232 e. The van der Waals surface area contributed by atoms with Gasteiger partial charge in [-0.05, 0) is 12.8 Å². The molecule has 2 atom stereocenters. The van der Waals surface area contributed by atoms with Crippen LogP contribution in [0.1, 0.15) is 13.8 Å². The number of aliphatic hydroxyl groups excluding tert-OH is 1. The number of ether oxygens (including phenoxy) is 1. The van der Waals surface area contributed by atoms with E-state index < -0.39 is 0 Å². The fourth-order valence-corrected chi connectivity index (χ4v) is 2.46. The summed E-state index contributed by atoms with van der Waals surface area (Å²) >= 11 is 1.32. The molecule has 1 heterocycles. The number of thioether (sulfide) groups is 1. The average molecular weight is 304 g/mol. The Bertz CT molecular complexity index is 321. The largest absolute Gasteiger partial charge is 0.396 e. The Morgan fingerprint density at radius 2 is 1.95 bits per heavy atom. The van der Waals surface area contributed by atoms with Crippen molar-refractivity contribution in [3.63, 3.8) is 0 Å². The summed E-state index contributed by atoms with van der Waals surface area (Å²) in [6.45, 7) is 6.24. The number of hydrogen-bond acceptors (Lipinski definition) is 5. The molecular formula is C13H24N2O4S. The van der Waals surface area contributed by atoms with Crippen LogP contribution < -0.4 is 5.32 Å². The lowest BCUT2D eigenvalue weighted by Crippen LogP contribution is -2.42. The fourth-order valence-electron chi connectivity index (χ4n) is 1.73. The summed E-state index contributed by atoms with van der Waals surface area (Å²) in [4.78, 5) is 25.3. The van der Waals surface area contributed by atoms with Gasteiger partial charge in [-0.2, -0.15) is 0 Å². The molecular weight excluding hydrogens is 280 g/mol. The van der Waals surface area contributed by atoms with E-state index in [4.69, 9.17) is 9.84 Å². The van der Waals surface area contributed by atoms with Crippen LogP contribution >= 0.6 is 11.8 Å². The first-order valence-electron chi connectivity index (χ1n) is 6.88. The number of rotatable bonds is 7.